The lowest BCUT2D eigenvalue weighted by molar-refractivity contribution is -0.131. The first-order valence-corrected chi connectivity index (χ1v) is 5.29. The molecule has 4 heteroatoms. The van der Waals surface area contributed by atoms with Gasteiger partial charge in [0.05, 0.1) is 13.2 Å². The summed E-state index contributed by atoms with van der Waals surface area (Å²) in [6.07, 6.45) is 2.58. The number of para-hydroxylation sites is 1. The van der Waals surface area contributed by atoms with Crippen LogP contribution >= 0.6 is 0 Å². The molecule has 0 spiro atoms. The molecular weight excluding hydrogens is 220 g/mol. The molecule has 0 fully saturated rings. The second-order valence-corrected chi connectivity index (χ2v) is 3.72. The van der Waals surface area contributed by atoms with Crippen molar-refractivity contribution in [1.82, 2.24) is 0 Å². The molecule has 0 aliphatic rings. The van der Waals surface area contributed by atoms with E-state index in [-0.39, 0.29) is 6.10 Å². The number of rotatable bonds is 5. The minimum absolute atomic E-state index is 0.0302. The van der Waals surface area contributed by atoms with Gasteiger partial charge in [0, 0.05) is 11.6 Å². The van der Waals surface area contributed by atoms with Crippen molar-refractivity contribution in [3.63, 3.8) is 0 Å². The molecule has 1 aromatic carbocycles. The quantitative estimate of drug-likeness (QED) is 0.798. The molecule has 4 nitrogen and oxygen atoms in total. The maximum atomic E-state index is 10.5. The molecule has 0 radical (unpaired) electrons. The Hall–Kier alpha value is -1.97. The normalized spacial score (nSPS) is 10.8. The van der Waals surface area contributed by atoms with Gasteiger partial charge >= 0.3 is 5.97 Å². The minimum Gasteiger partial charge on any atom is -0.492 e. The minimum atomic E-state index is -0.998. The van der Waals surface area contributed by atoms with Gasteiger partial charge in [-0.05, 0) is 26.0 Å². The van der Waals surface area contributed by atoms with E-state index in [0.717, 1.165) is 6.08 Å². The monoisotopic (exact) mass is 236 g/mol. The van der Waals surface area contributed by atoms with Crippen LogP contribution in [0.15, 0.2) is 24.3 Å². The molecule has 92 valence electrons. The van der Waals surface area contributed by atoms with Crippen LogP contribution < -0.4 is 9.47 Å². The second-order valence-electron chi connectivity index (χ2n) is 3.72. The molecule has 0 aliphatic carbocycles. The van der Waals surface area contributed by atoms with Gasteiger partial charge in [0.2, 0.25) is 0 Å². The van der Waals surface area contributed by atoms with Crippen LogP contribution in [0.4, 0.5) is 0 Å². The molecule has 0 saturated heterocycles. The Kier molecular flexibility index (Phi) is 4.57. The van der Waals surface area contributed by atoms with Crippen LogP contribution in [0, 0.1) is 0 Å². The van der Waals surface area contributed by atoms with Crippen LogP contribution in [0.5, 0.6) is 11.5 Å². The third-order valence-corrected chi connectivity index (χ3v) is 1.98. The second kappa shape index (κ2) is 5.94. The van der Waals surface area contributed by atoms with Crippen molar-refractivity contribution in [3.8, 4) is 11.5 Å². The zero-order valence-corrected chi connectivity index (χ0v) is 10.1. The Balaban J connectivity index is 3.09. The predicted octanol–water partition coefficient (Wildman–Crippen LogP) is 2.58. The predicted molar refractivity (Wildman–Crippen MR) is 65.4 cm³/mol. The largest absolute Gasteiger partial charge is 0.492 e. The Morgan fingerprint density at radius 3 is 2.65 bits per heavy atom. The third-order valence-electron chi connectivity index (χ3n) is 1.98. The maximum absolute atomic E-state index is 10.5. The molecule has 1 aromatic rings. The van der Waals surface area contributed by atoms with Crippen LogP contribution in [0.3, 0.4) is 0 Å². The number of ether oxygens (including phenoxy) is 2. The van der Waals surface area contributed by atoms with Crippen LogP contribution in [-0.4, -0.2) is 24.3 Å². The van der Waals surface area contributed by atoms with Crippen LogP contribution in [-0.2, 0) is 4.79 Å². The lowest BCUT2D eigenvalue weighted by atomic mass is 10.1. The molecule has 0 aromatic heterocycles. The van der Waals surface area contributed by atoms with Crippen molar-refractivity contribution in [2.24, 2.45) is 0 Å². The van der Waals surface area contributed by atoms with E-state index in [0.29, 0.717) is 17.1 Å². The number of carbonyl (C=O) groups is 1. The summed E-state index contributed by atoms with van der Waals surface area (Å²) >= 11 is 0. The van der Waals surface area contributed by atoms with Gasteiger partial charge in [-0.2, -0.15) is 0 Å². The number of hydrogen-bond donors (Lipinski definition) is 1. The van der Waals surface area contributed by atoms with E-state index >= 15 is 0 Å². The topological polar surface area (TPSA) is 55.8 Å². The third kappa shape index (κ3) is 3.83. The van der Waals surface area contributed by atoms with Crippen LogP contribution in [0.2, 0.25) is 0 Å². The zero-order chi connectivity index (χ0) is 12.8. The van der Waals surface area contributed by atoms with Crippen molar-refractivity contribution in [1.29, 1.82) is 0 Å². The van der Waals surface area contributed by atoms with E-state index in [1.54, 1.807) is 18.2 Å². The molecule has 1 rings (SSSR count). The first-order valence-electron chi connectivity index (χ1n) is 5.29. The van der Waals surface area contributed by atoms with E-state index in [1.807, 2.05) is 13.8 Å². The Morgan fingerprint density at radius 1 is 1.41 bits per heavy atom. The van der Waals surface area contributed by atoms with E-state index in [2.05, 4.69) is 0 Å². The highest BCUT2D eigenvalue weighted by molar-refractivity contribution is 5.86. The fraction of sp³-hybridized carbons (Fsp3) is 0.308. The van der Waals surface area contributed by atoms with Gasteiger partial charge < -0.3 is 14.6 Å². The molecule has 0 aliphatic heterocycles. The molecule has 1 N–H and O–H groups in total. The van der Waals surface area contributed by atoms with Crippen molar-refractivity contribution < 1.29 is 19.4 Å². The number of carboxylic acids is 1. The van der Waals surface area contributed by atoms with Crippen molar-refractivity contribution >= 4 is 12.0 Å². The number of aliphatic carboxylic acids is 1. The van der Waals surface area contributed by atoms with Crippen LogP contribution in [0.1, 0.15) is 19.4 Å². The maximum Gasteiger partial charge on any atom is 0.328 e. The van der Waals surface area contributed by atoms with Gasteiger partial charge in [0.1, 0.15) is 0 Å². The highest BCUT2D eigenvalue weighted by Crippen LogP contribution is 2.32. The highest BCUT2D eigenvalue weighted by atomic mass is 16.5. The number of benzene rings is 1. The molecule has 17 heavy (non-hydrogen) atoms. The van der Waals surface area contributed by atoms with Crippen molar-refractivity contribution in [2.45, 2.75) is 20.0 Å². The SMILES string of the molecule is COc1c(/C=C/C(=O)O)cccc1OC(C)C. The molecule has 0 unspecified atom stereocenters. The number of methoxy groups -OCH3 is 1. The fourth-order valence-corrected chi connectivity index (χ4v) is 1.39. The lowest BCUT2D eigenvalue weighted by Crippen LogP contribution is -2.07. The van der Waals surface area contributed by atoms with E-state index < -0.39 is 5.97 Å². The lowest BCUT2D eigenvalue weighted by Gasteiger charge is -2.14. The van der Waals surface area contributed by atoms with Crippen molar-refractivity contribution in [2.75, 3.05) is 7.11 Å². The van der Waals surface area contributed by atoms with Crippen molar-refractivity contribution in [3.05, 3.63) is 29.8 Å². The van der Waals surface area contributed by atoms with Gasteiger partial charge in [-0.1, -0.05) is 12.1 Å². The molecule has 0 atom stereocenters. The molecule has 0 heterocycles. The van der Waals surface area contributed by atoms with Gasteiger partial charge in [0.15, 0.2) is 11.5 Å². The number of hydrogen-bond acceptors (Lipinski definition) is 3. The highest BCUT2D eigenvalue weighted by Gasteiger charge is 2.09. The van der Waals surface area contributed by atoms with Gasteiger partial charge in [0.25, 0.3) is 0 Å². The standard InChI is InChI=1S/C13H16O4/c1-9(2)17-11-6-4-5-10(13(11)16-3)7-8-12(14)15/h4-9H,1-3H3,(H,14,15)/b8-7+. The molecule has 0 saturated carbocycles. The number of carboxylic acid groups (broad SMARTS) is 1. The molecular formula is C13H16O4. The van der Waals surface area contributed by atoms with E-state index in [9.17, 15) is 4.79 Å². The van der Waals surface area contributed by atoms with Gasteiger partial charge in [-0.15, -0.1) is 0 Å². The summed E-state index contributed by atoms with van der Waals surface area (Å²) < 4.78 is 10.8. The van der Waals surface area contributed by atoms with Crippen LogP contribution in [0.25, 0.3) is 6.08 Å². The summed E-state index contributed by atoms with van der Waals surface area (Å²) in [7, 11) is 1.53. The summed E-state index contributed by atoms with van der Waals surface area (Å²) in [5, 5.41) is 8.59. The smallest absolute Gasteiger partial charge is 0.328 e. The summed E-state index contributed by atoms with van der Waals surface area (Å²) in [5.74, 6) is 0.149. The first kappa shape index (κ1) is 13.1. The average Bonchev–Trinajstić information content (AvgIpc) is 2.25. The summed E-state index contributed by atoms with van der Waals surface area (Å²) in [6, 6.07) is 5.35. The summed E-state index contributed by atoms with van der Waals surface area (Å²) in [5.41, 5.74) is 0.674. The Morgan fingerprint density at radius 2 is 2.12 bits per heavy atom. The molecule has 0 bridgehead atoms. The van der Waals surface area contributed by atoms with E-state index in [1.165, 1.54) is 13.2 Å². The first-order chi connectivity index (χ1) is 8.04. The van der Waals surface area contributed by atoms with Gasteiger partial charge in [-0.3, -0.25) is 0 Å². The fourth-order valence-electron chi connectivity index (χ4n) is 1.39. The molecule has 0 amide bonds. The van der Waals surface area contributed by atoms with E-state index in [4.69, 9.17) is 14.6 Å². The Bertz CT molecular complexity index is 421. The summed E-state index contributed by atoms with van der Waals surface area (Å²) in [4.78, 5) is 10.5. The summed E-state index contributed by atoms with van der Waals surface area (Å²) in [6.45, 7) is 3.83. The van der Waals surface area contributed by atoms with Gasteiger partial charge in [-0.25, -0.2) is 4.79 Å². The average molecular weight is 236 g/mol. The zero-order valence-electron chi connectivity index (χ0n) is 10.1. The Labute approximate surface area is 100 Å².